The Morgan fingerprint density at radius 3 is 2.65 bits per heavy atom. The molecule has 2 amide bonds. The lowest BCUT2D eigenvalue weighted by Gasteiger charge is -2.41. The number of amides is 2. The first-order valence-electron chi connectivity index (χ1n) is 11.8. The van der Waals surface area contributed by atoms with Gasteiger partial charge in [-0.2, -0.15) is 0 Å². The molecule has 3 aromatic rings. The van der Waals surface area contributed by atoms with Gasteiger partial charge in [0, 0.05) is 23.2 Å². The van der Waals surface area contributed by atoms with Crippen molar-refractivity contribution in [2.24, 2.45) is 5.10 Å². The molecule has 5 rings (SSSR count). The topological polar surface area (TPSA) is 75.9 Å². The van der Waals surface area contributed by atoms with Crippen LogP contribution >= 0.6 is 23.2 Å². The summed E-state index contributed by atoms with van der Waals surface area (Å²) in [5, 5.41) is 8.67. The van der Waals surface area contributed by atoms with Gasteiger partial charge in [0.05, 0.1) is 10.0 Å². The third-order valence-corrected chi connectivity index (χ3v) is 7.53. The Balaban J connectivity index is 1.41. The van der Waals surface area contributed by atoms with Gasteiger partial charge in [0.1, 0.15) is 16.9 Å². The Labute approximate surface area is 208 Å². The highest BCUT2D eigenvalue weighted by atomic mass is 35.5. The van der Waals surface area contributed by atoms with Gasteiger partial charge in [-0.25, -0.2) is 10.2 Å². The largest absolute Gasteiger partial charge is 0.487 e. The number of anilines is 1. The van der Waals surface area contributed by atoms with E-state index in [0.29, 0.717) is 26.9 Å². The summed E-state index contributed by atoms with van der Waals surface area (Å²) in [7, 11) is 0. The summed E-state index contributed by atoms with van der Waals surface area (Å²) in [4.78, 5) is 12.3. The molecule has 2 aromatic carbocycles. The molecule has 2 heterocycles. The number of nitrogens with one attached hydrogen (secondary N) is 2. The van der Waals surface area contributed by atoms with Gasteiger partial charge in [-0.05, 0) is 80.3 Å². The lowest BCUT2D eigenvalue weighted by atomic mass is 9.79. The average molecular weight is 500 g/mol. The molecule has 178 valence electrons. The van der Waals surface area contributed by atoms with Gasteiger partial charge >= 0.3 is 6.03 Å². The van der Waals surface area contributed by atoms with Crippen molar-refractivity contribution in [3.05, 3.63) is 63.1 Å². The van der Waals surface area contributed by atoms with Crippen molar-refractivity contribution in [1.29, 1.82) is 0 Å². The molecule has 0 atom stereocenters. The number of fused-ring (bicyclic) bond motifs is 2. The van der Waals surface area contributed by atoms with E-state index in [9.17, 15) is 4.79 Å². The second-order valence-electron chi connectivity index (χ2n) is 9.07. The summed E-state index contributed by atoms with van der Waals surface area (Å²) in [6.07, 6.45) is 8.91. The van der Waals surface area contributed by atoms with E-state index in [1.54, 1.807) is 18.2 Å². The summed E-state index contributed by atoms with van der Waals surface area (Å²) in [5.41, 5.74) is 6.32. The predicted molar refractivity (Wildman–Crippen MR) is 135 cm³/mol. The van der Waals surface area contributed by atoms with E-state index in [4.69, 9.17) is 32.4 Å². The van der Waals surface area contributed by atoms with Crippen LogP contribution in [0.4, 0.5) is 10.5 Å². The van der Waals surface area contributed by atoms with Crippen LogP contribution in [-0.4, -0.2) is 11.6 Å². The lowest BCUT2D eigenvalue weighted by molar-refractivity contribution is 0.0109. The predicted octanol–water partition coefficient (Wildman–Crippen LogP) is 6.97. The van der Waals surface area contributed by atoms with Gasteiger partial charge in [0.15, 0.2) is 0 Å². The zero-order chi connectivity index (χ0) is 23.7. The van der Waals surface area contributed by atoms with E-state index in [2.05, 4.69) is 28.8 Å². The third kappa shape index (κ3) is 4.75. The monoisotopic (exact) mass is 499 g/mol. The molecule has 8 heteroatoms. The Morgan fingerprint density at radius 1 is 1.06 bits per heavy atom. The van der Waals surface area contributed by atoms with E-state index < -0.39 is 6.03 Å². The number of aryl methyl sites for hydroxylation is 2. The number of benzene rings is 2. The minimum atomic E-state index is -0.514. The SMILES string of the molecule is CCc1c/c(=N/NC(=O)Nc2ccc(Cl)c(Cl)c2)oc2cc3c(cc12)CCC1(CCCCC1)O3. The van der Waals surface area contributed by atoms with E-state index in [1.807, 2.05) is 12.1 Å². The minimum Gasteiger partial charge on any atom is -0.487 e. The number of halogens is 2. The van der Waals surface area contributed by atoms with Crippen molar-refractivity contribution in [3.8, 4) is 5.75 Å². The van der Waals surface area contributed by atoms with Crippen molar-refractivity contribution in [2.75, 3.05) is 5.32 Å². The molecule has 2 N–H and O–H groups in total. The molecule has 1 saturated carbocycles. The number of urea groups is 1. The van der Waals surface area contributed by atoms with Gasteiger partial charge < -0.3 is 14.5 Å². The molecule has 1 spiro atoms. The number of ether oxygens (including phenoxy) is 1. The van der Waals surface area contributed by atoms with Crippen LogP contribution in [0.3, 0.4) is 0 Å². The van der Waals surface area contributed by atoms with E-state index >= 15 is 0 Å². The van der Waals surface area contributed by atoms with Crippen molar-refractivity contribution < 1.29 is 13.9 Å². The highest BCUT2D eigenvalue weighted by molar-refractivity contribution is 6.42. The molecule has 34 heavy (non-hydrogen) atoms. The molecule has 1 fully saturated rings. The summed E-state index contributed by atoms with van der Waals surface area (Å²) in [5.74, 6) is 0.911. The maximum Gasteiger partial charge on any atom is 0.339 e. The first-order valence-corrected chi connectivity index (χ1v) is 12.5. The smallest absolute Gasteiger partial charge is 0.339 e. The Kier molecular flexibility index (Phi) is 6.45. The summed E-state index contributed by atoms with van der Waals surface area (Å²) < 4.78 is 12.6. The highest BCUT2D eigenvalue weighted by Gasteiger charge is 2.37. The fourth-order valence-corrected chi connectivity index (χ4v) is 5.28. The van der Waals surface area contributed by atoms with Crippen molar-refractivity contribution in [3.63, 3.8) is 0 Å². The fourth-order valence-electron chi connectivity index (χ4n) is 4.98. The Bertz CT molecular complexity index is 1310. The number of hydrogen-bond acceptors (Lipinski definition) is 4. The molecular formula is C26H27Cl2N3O3. The van der Waals surface area contributed by atoms with Crippen LogP contribution < -0.4 is 21.0 Å². The summed E-state index contributed by atoms with van der Waals surface area (Å²) in [6, 6.07) is 10.4. The van der Waals surface area contributed by atoms with Crippen molar-refractivity contribution in [2.45, 2.75) is 63.9 Å². The van der Waals surface area contributed by atoms with Gasteiger partial charge in [0.25, 0.3) is 0 Å². The molecule has 1 aromatic heterocycles. The molecule has 0 radical (unpaired) electrons. The lowest BCUT2D eigenvalue weighted by Crippen LogP contribution is -2.41. The van der Waals surface area contributed by atoms with Gasteiger partial charge in [-0.15, -0.1) is 5.10 Å². The second-order valence-corrected chi connectivity index (χ2v) is 9.89. The maximum absolute atomic E-state index is 12.3. The van der Waals surface area contributed by atoms with E-state index in [1.165, 1.54) is 24.8 Å². The van der Waals surface area contributed by atoms with Crippen LogP contribution in [0.1, 0.15) is 56.6 Å². The molecular weight excluding hydrogens is 473 g/mol. The normalized spacial score (nSPS) is 17.3. The van der Waals surface area contributed by atoms with Crippen LogP contribution in [0.5, 0.6) is 5.75 Å². The molecule has 6 nitrogen and oxygen atoms in total. The number of hydrogen-bond donors (Lipinski definition) is 2. The van der Waals surface area contributed by atoms with Gasteiger partial charge in [0.2, 0.25) is 5.55 Å². The fraction of sp³-hybridized carbons (Fsp3) is 0.385. The van der Waals surface area contributed by atoms with Crippen LogP contribution in [0.15, 0.2) is 45.9 Å². The quantitative estimate of drug-likeness (QED) is 0.382. The Hall–Kier alpha value is -2.70. The van der Waals surface area contributed by atoms with Gasteiger partial charge in [-0.1, -0.05) is 36.5 Å². The first-order chi connectivity index (χ1) is 16.4. The average Bonchev–Trinajstić information content (AvgIpc) is 2.84. The van der Waals surface area contributed by atoms with Crippen LogP contribution in [-0.2, 0) is 12.8 Å². The van der Waals surface area contributed by atoms with Crippen LogP contribution in [0.2, 0.25) is 10.0 Å². The number of carbonyl (C=O) groups is 1. The number of nitrogens with zero attached hydrogens (tertiary/aromatic N) is 1. The maximum atomic E-state index is 12.3. The standard InChI is InChI=1S/C26H27Cl2N3O3/c1-2-16-13-24(30-31-25(32)29-18-6-7-20(27)21(28)14-18)33-23-15-22-17(12-19(16)23)8-11-26(34-22)9-4-3-5-10-26/h6-7,12-15H,2-5,8-11H2,1H3,(H2,29,31,32)/b30-24-. The number of carbonyl (C=O) groups excluding carboxylic acids is 1. The summed E-state index contributed by atoms with van der Waals surface area (Å²) >= 11 is 11.9. The zero-order valence-electron chi connectivity index (χ0n) is 19.0. The molecule has 0 bridgehead atoms. The minimum absolute atomic E-state index is 0.0291. The number of rotatable bonds is 3. The van der Waals surface area contributed by atoms with Crippen LogP contribution in [0, 0.1) is 0 Å². The molecule has 0 unspecified atom stereocenters. The molecule has 1 aliphatic heterocycles. The zero-order valence-corrected chi connectivity index (χ0v) is 20.6. The highest BCUT2D eigenvalue weighted by Crippen LogP contribution is 2.43. The summed E-state index contributed by atoms with van der Waals surface area (Å²) in [6.45, 7) is 2.09. The first kappa shape index (κ1) is 23.1. The van der Waals surface area contributed by atoms with E-state index in [-0.39, 0.29) is 5.60 Å². The van der Waals surface area contributed by atoms with E-state index in [0.717, 1.165) is 48.8 Å². The van der Waals surface area contributed by atoms with Crippen LogP contribution in [0.25, 0.3) is 11.0 Å². The van der Waals surface area contributed by atoms with Crippen molar-refractivity contribution >= 4 is 45.9 Å². The Morgan fingerprint density at radius 2 is 1.88 bits per heavy atom. The molecule has 2 aliphatic rings. The second kappa shape index (κ2) is 9.51. The molecule has 0 saturated heterocycles. The van der Waals surface area contributed by atoms with Crippen molar-refractivity contribution in [1.82, 2.24) is 5.43 Å². The molecule has 1 aliphatic carbocycles. The van der Waals surface area contributed by atoms with Gasteiger partial charge in [-0.3, -0.25) is 0 Å². The third-order valence-electron chi connectivity index (χ3n) is 6.79.